The van der Waals surface area contributed by atoms with Crippen molar-refractivity contribution in [3.05, 3.63) is 53.7 Å². The minimum absolute atomic E-state index is 0.0999. The predicted molar refractivity (Wildman–Crippen MR) is 104 cm³/mol. The number of rotatable bonds is 5. The maximum absolute atomic E-state index is 12.4. The highest BCUT2D eigenvalue weighted by Gasteiger charge is 2.21. The summed E-state index contributed by atoms with van der Waals surface area (Å²) in [6, 6.07) is 11.0. The molecule has 3 amide bonds. The Balaban J connectivity index is 1.33. The van der Waals surface area contributed by atoms with Crippen molar-refractivity contribution in [3.63, 3.8) is 0 Å². The van der Waals surface area contributed by atoms with Gasteiger partial charge in [0.2, 0.25) is 0 Å². The zero-order valence-corrected chi connectivity index (χ0v) is 15.1. The number of amides is 3. The number of carbonyl (C=O) groups is 2. The molecular weight excluding hydrogens is 342 g/mol. The van der Waals surface area contributed by atoms with E-state index in [9.17, 15) is 9.59 Å². The Hall–Kier alpha value is -3.09. The van der Waals surface area contributed by atoms with Crippen molar-refractivity contribution in [1.29, 1.82) is 0 Å². The molecule has 3 heterocycles. The molecule has 2 N–H and O–H groups in total. The van der Waals surface area contributed by atoms with Gasteiger partial charge in [-0.1, -0.05) is 6.07 Å². The van der Waals surface area contributed by atoms with Crippen LogP contribution in [0.5, 0.6) is 0 Å². The maximum Gasteiger partial charge on any atom is 0.321 e. The van der Waals surface area contributed by atoms with Gasteiger partial charge < -0.3 is 15.5 Å². The normalized spacial score (nSPS) is 16.5. The molecule has 7 nitrogen and oxygen atoms in total. The van der Waals surface area contributed by atoms with Crippen molar-refractivity contribution < 1.29 is 9.59 Å². The molecule has 0 atom stereocenters. The first kappa shape index (κ1) is 17.3. The molecule has 0 saturated carbocycles. The molecule has 140 valence electrons. The van der Waals surface area contributed by atoms with Crippen LogP contribution in [-0.4, -0.2) is 43.1 Å². The van der Waals surface area contributed by atoms with Crippen LogP contribution < -0.4 is 20.4 Å². The molecule has 1 aromatic heterocycles. The first-order valence-electron chi connectivity index (χ1n) is 9.34. The number of hydrogen-bond donors (Lipinski definition) is 2. The first-order valence-corrected chi connectivity index (χ1v) is 9.34. The van der Waals surface area contributed by atoms with Crippen LogP contribution in [0.4, 0.5) is 16.3 Å². The van der Waals surface area contributed by atoms with Gasteiger partial charge >= 0.3 is 6.03 Å². The Morgan fingerprint density at radius 3 is 2.48 bits per heavy atom. The third-order valence-corrected chi connectivity index (χ3v) is 4.99. The van der Waals surface area contributed by atoms with Gasteiger partial charge in [-0.2, -0.15) is 0 Å². The van der Waals surface area contributed by atoms with Crippen LogP contribution >= 0.6 is 0 Å². The largest absolute Gasteiger partial charge is 0.357 e. The lowest BCUT2D eigenvalue weighted by Gasteiger charge is -2.16. The molecule has 7 heteroatoms. The summed E-state index contributed by atoms with van der Waals surface area (Å²) >= 11 is 0. The number of carbonyl (C=O) groups excluding carboxylic acids is 2. The summed E-state index contributed by atoms with van der Waals surface area (Å²) < 4.78 is 0. The van der Waals surface area contributed by atoms with Crippen LogP contribution in [0.3, 0.4) is 0 Å². The fraction of sp³-hybridized carbons (Fsp3) is 0.350. The van der Waals surface area contributed by atoms with Crippen molar-refractivity contribution in [1.82, 2.24) is 15.6 Å². The van der Waals surface area contributed by atoms with E-state index in [2.05, 4.69) is 20.5 Å². The predicted octanol–water partition coefficient (Wildman–Crippen LogP) is 2.14. The molecule has 2 aromatic rings. The van der Waals surface area contributed by atoms with Crippen LogP contribution in [0.25, 0.3) is 0 Å². The maximum atomic E-state index is 12.4. The lowest BCUT2D eigenvalue weighted by molar-refractivity contribution is 0.0951. The molecule has 2 aliphatic rings. The van der Waals surface area contributed by atoms with Gasteiger partial charge in [0.25, 0.3) is 5.91 Å². The molecule has 0 spiro atoms. The number of aromatic nitrogens is 1. The number of hydrogen-bond acceptors (Lipinski definition) is 4. The zero-order chi connectivity index (χ0) is 18.6. The Labute approximate surface area is 158 Å². The number of anilines is 2. The van der Waals surface area contributed by atoms with Crippen molar-refractivity contribution >= 4 is 23.4 Å². The van der Waals surface area contributed by atoms with E-state index in [4.69, 9.17) is 0 Å². The molecule has 0 bridgehead atoms. The molecule has 2 fully saturated rings. The average Bonchev–Trinajstić information content (AvgIpc) is 3.38. The Kier molecular flexibility index (Phi) is 4.91. The minimum atomic E-state index is -0.143. The summed E-state index contributed by atoms with van der Waals surface area (Å²) in [6.07, 6.45) is 4.27. The van der Waals surface area contributed by atoms with E-state index in [0.717, 1.165) is 30.2 Å². The first-order chi connectivity index (χ1) is 13.2. The van der Waals surface area contributed by atoms with Gasteiger partial charge in [0.15, 0.2) is 0 Å². The molecule has 4 rings (SSSR count). The zero-order valence-electron chi connectivity index (χ0n) is 15.1. The van der Waals surface area contributed by atoms with Crippen molar-refractivity contribution in [3.8, 4) is 0 Å². The quantitative estimate of drug-likeness (QED) is 0.851. The van der Waals surface area contributed by atoms with Gasteiger partial charge in [-0.15, -0.1) is 0 Å². The topological polar surface area (TPSA) is 77.6 Å². The van der Waals surface area contributed by atoms with E-state index < -0.39 is 0 Å². The fourth-order valence-electron chi connectivity index (χ4n) is 3.45. The number of nitrogens with one attached hydrogen (secondary N) is 2. The SMILES string of the molecule is O=C(NCc1ccc(N2CCCC2)nc1)c1ccc(N2CCNC2=O)cc1. The molecule has 2 aliphatic heterocycles. The smallest absolute Gasteiger partial charge is 0.321 e. The minimum Gasteiger partial charge on any atom is -0.357 e. The van der Waals surface area contributed by atoms with Crippen LogP contribution in [0.15, 0.2) is 42.6 Å². The number of urea groups is 1. The fourth-order valence-corrected chi connectivity index (χ4v) is 3.45. The van der Waals surface area contributed by atoms with E-state index in [-0.39, 0.29) is 11.9 Å². The monoisotopic (exact) mass is 365 g/mol. The highest BCUT2D eigenvalue weighted by Crippen LogP contribution is 2.18. The molecular formula is C20H23N5O2. The van der Waals surface area contributed by atoms with Gasteiger partial charge in [-0.05, 0) is 48.7 Å². The van der Waals surface area contributed by atoms with Gasteiger partial charge in [0.05, 0.1) is 0 Å². The van der Waals surface area contributed by atoms with E-state index in [1.807, 2.05) is 18.3 Å². The van der Waals surface area contributed by atoms with Gasteiger partial charge in [-0.25, -0.2) is 9.78 Å². The van der Waals surface area contributed by atoms with Gasteiger partial charge in [0, 0.05) is 50.2 Å². The third kappa shape index (κ3) is 3.86. The Bertz CT molecular complexity index is 813. The molecule has 27 heavy (non-hydrogen) atoms. The average molecular weight is 365 g/mol. The third-order valence-electron chi connectivity index (χ3n) is 4.99. The summed E-state index contributed by atoms with van der Waals surface area (Å²) in [7, 11) is 0. The lowest BCUT2D eigenvalue weighted by Crippen LogP contribution is -2.28. The summed E-state index contributed by atoms with van der Waals surface area (Å²) in [4.78, 5) is 32.5. The summed E-state index contributed by atoms with van der Waals surface area (Å²) in [5.74, 6) is 0.861. The molecule has 0 radical (unpaired) electrons. The summed E-state index contributed by atoms with van der Waals surface area (Å²) in [6.45, 7) is 3.86. The van der Waals surface area contributed by atoms with Crippen LogP contribution in [0.2, 0.25) is 0 Å². The van der Waals surface area contributed by atoms with Crippen molar-refractivity contribution in [2.24, 2.45) is 0 Å². The van der Waals surface area contributed by atoms with E-state index in [1.54, 1.807) is 29.2 Å². The highest BCUT2D eigenvalue weighted by atomic mass is 16.2. The second-order valence-electron chi connectivity index (χ2n) is 6.83. The standard InChI is InChI=1S/C20H23N5O2/c26-19(16-4-6-17(7-5-16)25-12-9-21-20(25)27)23-14-15-3-8-18(22-13-15)24-10-1-2-11-24/h3-8,13H,1-2,9-12,14H2,(H,21,27)(H,23,26). The Morgan fingerprint density at radius 2 is 1.85 bits per heavy atom. The van der Waals surface area contributed by atoms with Gasteiger partial charge in [0.1, 0.15) is 5.82 Å². The van der Waals surface area contributed by atoms with Gasteiger partial charge in [-0.3, -0.25) is 9.69 Å². The second-order valence-corrected chi connectivity index (χ2v) is 6.83. The lowest BCUT2D eigenvalue weighted by atomic mass is 10.1. The van der Waals surface area contributed by atoms with Crippen LogP contribution in [0.1, 0.15) is 28.8 Å². The van der Waals surface area contributed by atoms with Crippen molar-refractivity contribution in [2.45, 2.75) is 19.4 Å². The van der Waals surface area contributed by atoms with E-state index in [1.165, 1.54) is 12.8 Å². The van der Waals surface area contributed by atoms with Crippen LogP contribution in [0, 0.1) is 0 Å². The molecule has 2 saturated heterocycles. The van der Waals surface area contributed by atoms with E-state index in [0.29, 0.717) is 25.2 Å². The Morgan fingerprint density at radius 1 is 1.07 bits per heavy atom. The highest BCUT2D eigenvalue weighted by molar-refractivity contribution is 5.96. The second kappa shape index (κ2) is 7.65. The van der Waals surface area contributed by atoms with E-state index >= 15 is 0 Å². The van der Waals surface area contributed by atoms with Crippen LogP contribution in [-0.2, 0) is 6.54 Å². The number of pyridine rings is 1. The molecule has 0 aliphatic carbocycles. The van der Waals surface area contributed by atoms with Crippen molar-refractivity contribution in [2.75, 3.05) is 36.0 Å². The summed E-state index contributed by atoms with van der Waals surface area (Å²) in [5.41, 5.74) is 2.33. The molecule has 1 aromatic carbocycles. The number of benzene rings is 1. The number of nitrogens with zero attached hydrogens (tertiary/aromatic N) is 3. The summed E-state index contributed by atoms with van der Waals surface area (Å²) in [5, 5.41) is 5.68. The molecule has 0 unspecified atom stereocenters.